The van der Waals surface area contributed by atoms with Crippen LogP contribution in [-0.2, 0) is 16.1 Å². The number of benzene rings is 1. The molecule has 0 radical (unpaired) electrons. The van der Waals surface area contributed by atoms with E-state index in [9.17, 15) is 9.59 Å². The van der Waals surface area contributed by atoms with Crippen LogP contribution in [0.25, 0.3) is 5.57 Å². The SMILES string of the molecule is CC1CCN(C2=C(c3ccccc3)C(=O)N(Cc3cccnc3)C2=O)CC1. The van der Waals surface area contributed by atoms with Crippen LogP contribution in [0, 0.1) is 5.92 Å². The molecule has 0 atom stereocenters. The van der Waals surface area contributed by atoms with Gasteiger partial charge in [0.2, 0.25) is 0 Å². The van der Waals surface area contributed by atoms with Crippen molar-refractivity contribution in [3.05, 3.63) is 71.7 Å². The van der Waals surface area contributed by atoms with E-state index in [1.165, 1.54) is 4.90 Å². The molecule has 1 aromatic carbocycles. The molecule has 1 aromatic heterocycles. The summed E-state index contributed by atoms with van der Waals surface area (Å²) in [5.74, 6) is 0.238. The molecule has 0 N–H and O–H groups in total. The third-order valence-corrected chi connectivity index (χ3v) is 5.37. The molecule has 0 aliphatic carbocycles. The van der Waals surface area contributed by atoms with Crippen molar-refractivity contribution in [2.75, 3.05) is 13.1 Å². The van der Waals surface area contributed by atoms with Crippen molar-refractivity contribution in [1.82, 2.24) is 14.8 Å². The van der Waals surface area contributed by atoms with Crippen molar-refractivity contribution in [1.29, 1.82) is 0 Å². The minimum atomic E-state index is -0.219. The Labute approximate surface area is 159 Å². The van der Waals surface area contributed by atoms with Crippen molar-refractivity contribution in [2.24, 2.45) is 5.92 Å². The minimum absolute atomic E-state index is 0.197. The van der Waals surface area contributed by atoms with Crippen molar-refractivity contribution in [3.63, 3.8) is 0 Å². The fourth-order valence-electron chi connectivity index (χ4n) is 3.77. The summed E-state index contributed by atoms with van der Waals surface area (Å²) in [6.07, 6.45) is 5.46. The van der Waals surface area contributed by atoms with Crippen LogP contribution in [0.3, 0.4) is 0 Å². The minimum Gasteiger partial charge on any atom is -0.366 e. The molecule has 2 amide bonds. The van der Waals surface area contributed by atoms with E-state index in [1.807, 2.05) is 42.5 Å². The Bertz CT molecular complexity index is 869. The van der Waals surface area contributed by atoms with Gasteiger partial charge in [-0.15, -0.1) is 0 Å². The molecular weight excluding hydrogens is 338 g/mol. The highest BCUT2D eigenvalue weighted by molar-refractivity contribution is 6.35. The quantitative estimate of drug-likeness (QED) is 0.786. The maximum absolute atomic E-state index is 13.3. The van der Waals surface area contributed by atoms with Gasteiger partial charge in [-0.05, 0) is 36.0 Å². The number of nitrogens with zero attached hydrogens (tertiary/aromatic N) is 3. The predicted molar refractivity (Wildman–Crippen MR) is 103 cm³/mol. The van der Waals surface area contributed by atoms with Crippen molar-refractivity contribution >= 4 is 17.4 Å². The molecule has 0 spiro atoms. The number of hydrogen-bond acceptors (Lipinski definition) is 4. The summed E-state index contributed by atoms with van der Waals surface area (Å²) in [7, 11) is 0. The first-order chi connectivity index (χ1) is 13.1. The number of piperidine rings is 1. The monoisotopic (exact) mass is 361 g/mol. The molecule has 1 fully saturated rings. The van der Waals surface area contributed by atoms with Gasteiger partial charge in [-0.25, -0.2) is 0 Å². The summed E-state index contributed by atoms with van der Waals surface area (Å²) in [6.45, 7) is 4.11. The average Bonchev–Trinajstić information content (AvgIpc) is 2.95. The summed E-state index contributed by atoms with van der Waals surface area (Å²) in [5.41, 5.74) is 2.74. The molecular formula is C22H23N3O2. The lowest BCUT2D eigenvalue weighted by molar-refractivity contribution is -0.138. The first kappa shape index (κ1) is 17.5. The lowest BCUT2D eigenvalue weighted by atomic mass is 9.97. The van der Waals surface area contributed by atoms with E-state index in [-0.39, 0.29) is 18.4 Å². The highest BCUT2D eigenvalue weighted by Gasteiger charge is 2.41. The number of hydrogen-bond donors (Lipinski definition) is 0. The average molecular weight is 361 g/mol. The zero-order chi connectivity index (χ0) is 18.8. The van der Waals surface area contributed by atoms with Crippen LogP contribution in [0.1, 0.15) is 30.9 Å². The van der Waals surface area contributed by atoms with E-state index in [1.54, 1.807) is 12.4 Å². The number of amides is 2. The third-order valence-electron chi connectivity index (χ3n) is 5.37. The van der Waals surface area contributed by atoms with Gasteiger partial charge in [0.25, 0.3) is 11.8 Å². The summed E-state index contributed by atoms with van der Waals surface area (Å²) in [6, 6.07) is 13.2. The molecule has 0 saturated carbocycles. The molecule has 5 heteroatoms. The number of carbonyl (C=O) groups excluding carboxylic acids is 2. The van der Waals surface area contributed by atoms with Crippen molar-refractivity contribution < 1.29 is 9.59 Å². The van der Waals surface area contributed by atoms with Crippen LogP contribution in [0.5, 0.6) is 0 Å². The van der Waals surface area contributed by atoms with E-state index in [0.717, 1.165) is 37.1 Å². The van der Waals surface area contributed by atoms with Gasteiger partial charge in [0.15, 0.2) is 0 Å². The Morgan fingerprint density at radius 1 is 1.00 bits per heavy atom. The van der Waals surface area contributed by atoms with E-state index in [4.69, 9.17) is 0 Å². The second-order valence-electron chi connectivity index (χ2n) is 7.32. The molecule has 0 unspecified atom stereocenters. The molecule has 2 aliphatic rings. The van der Waals surface area contributed by atoms with Gasteiger partial charge in [0.05, 0.1) is 12.1 Å². The number of imide groups is 1. The fraction of sp³-hybridized carbons (Fsp3) is 0.318. The Morgan fingerprint density at radius 2 is 1.74 bits per heavy atom. The maximum Gasteiger partial charge on any atom is 0.278 e. The van der Waals surface area contributed by atoms with Gasteiger partial charge in [0, 0.05) is 25.5 Å². The zero-order valence-corrected chi connectivity index (χ0v) is 15.5. The van der Waals surface area contributed by atoms with Gasteiger partial charge in [0.1, 0.15) is 5.70 Å². The van der Waals surface area contributed by atoms with E-state index in [2.05, 4.69) is 16.8 Å². The lowest BCUT2D eigenvalue weighted by Crippen LogP contribution is -2.38. The van der Waals surface area contributed by atoms with Gasteiger partial charge in [-0.2, -0.15) is 0 Å². The first-order valence-corrected chi connectivity index (χ1v) is 9.45. The van der Waals surface area contributed by atoms with Gasteiger partial charge >= 0.3 is 0 Å². The van der Waals surface area contributed by atoms with E-state index in [0.29, 0.717) is 17.2 Å². The highest BCUT2D eigenvalue weighted by Crippen LogP contribution is 2.34. The second-order valence-corrected chi connectivity index (χ2v) is 7.32. The number of likely N-dealkylation sites (tertiary alicyclic amines) is 1. The number of carbonyl (C=O) groups is 2. The van der Waals surface area contributed by atoms with Gasteiger partial charge in [-0.1, -0.05) is 43.3 Å². The van der Waals surface area contributed by atoms with Crippen LogP contribution < -0.4 is 0 Å². The molecule has 4 rings (SSSR count). The van der Waals surface area contributed by atoms with Crippen LogP contribution in [0.15, 0.2) is 60.6 Å². The summed E-state index contributed by atoms with van der Waals surface area (Å²) in [5, 5.41) is 0. The van der Waals surface area contributed by atoms with Crippen LogP contribution in [0.4, 0.5) is 0 Å². The van der Waals surface area contributed by atoms with Crippen LogP contribution >= 0.6 is 0 Å². The fourth-order valence-corrected chi connectivity index (χ4v) is 3.77. The smallest absolute Gasteiger partial charge is 0.278 e. The molecule has 138 valence electrons. The van der Waals surface area contributed by atoms with E-state index >= 15 is 0 Å². The van der Waals surface area contributed by atoms with Crippen molar-refractivity contribution in [2.45, 2.75) is 26.3 Å². The Hall–Kier alpha value is -2.95. The van der Waals surface area contributed by atoms with Gasteiger partial charge in [-0.3, -0.25) is 19.5 Å². The van der Waals surface area contributed by atoms with Crippen LogP contribution in [-0.4, -0.2) is 39.7 Å². The Balaban J connectivity index is 1.71. The predicted octanol–water partition coefficient (Wildman–Crippen LogP) is 3.09. The molecule has 0 bridgehead atoms. The summed E-state index contributed by atoms with van der Waals surface area (Å²) >= 11 is 0. The first-order valence-electron chi connectivity index (χ1n) is 9.45. The Kier molecular flexibility index (Phi) is 4.75. The zero-order valence-electron chi connectivity index (χ0n) is 15.5. The third kappa shape index (κ3) is 3.37. The van der Waals surface area contributed by atoms with Crippen molar-refractivity contribution in [3.8, 4) is 0 Å². The lowest BCUT2D eigenvalue weighted by Gasteiger charge is -2.32. The number of rotatable bonds is 4. The van der Waals surface area contributed by atoms with Crippen LogP contribution in [0.2, 0.25) is 0 Å². The Morgan fingerprint density at radius 3 is 2.41 bits per heavy atom. The number of aromatic nitrogens is 1. The summed E-state index contributed by atoms with van der Waals surface area (Å²) in [4.78, 5) is 34.1. The van der Waals surface area contributed by atoms with E-state index < -0.39 is 0 Å². The summed E-state index contributed by atoms with van der Waals surface area (Å²) < 4.78 is 0. The molecule has 2 aromatic rings. The normalized spacial score (nSPS) is 18.6. The molecule has 1 saturated heterocycles. The highest BCUT2D eigenvalue weighted by atomic mass is 16.2. The number of pyridine rings is 1. The molecule has 27 heavy (non-hydrogen) atoms. The second kappa shape index (κ2) is 7.35. The largest absolute Gasteiger partial charge is 0.366 e. The van der Waals surface area contributed by atoms with Gasteiger partial charge < -0.3 is 4.90 Å². The topological polar surface area (TPSA) is 53.5 Å². The molecule has 3 heterocycles. The maximum atomic E-state index is 13.3. The standard InChI is InChI=1S/C22H23N3O2/c1-16-9-12-24(13-10-16)20-19(18-7-3-2-4-8-18)21(26)25(22(20)27)15-17-6-5-11-23-14-17/h2-8,11,14,16H,9-10,12-13,15H2,1H3. The molecule has 5 nitrogen and oxygen atoms in total. The molecule has 2 aliphatic heterocycles.